The zero-order valence-corrected chi connectivity index (χ0v) is 12.8. The smallest absolute Gasteiger partial charge is 0.197 e. The Morgan fingerprint density at radius 1 is 0.792 bits per heavy atom. The minimum absolute atomic E-state index is 0.454. The number of fused-ring (bicyclic) bond motifs is 1. The first-order valence-corrected chi connectivity index (χ1v) is 7.91. The van der Waals surface area contributed by atoms with Crippen molar-refractivity contribution in [3.05, 3.63) is 72.7 Å². The van der Waals surface area contributed by atoms with Crippen molar-refractivity contribution in [2.75, 3.05) is 0 Å². The monoisotopic (exact) mass is 314 g/mol. The van der Waals surface area contributed by atoms with Gasteiger partial charge in [0.15, 0.2) is 11.6 Å². The summed E-state index contributed by atoms with van der Waals surface area (Å²) in [6, 6.07) is 7.85. The van der Waals surface area contributed by atoms with E-state index in [1.54, 1.807) is 18.5 Å². The first kappa shape index (κ1) is 13.3. The first-order valence-electron chi connectivity index (χ1n) is 7.91. The fraction of sp³-hybridized carbons (Fsp3) is 0.167. The van der Waals surface area contributed by atoms with Crippen molar-refractivity contribution in [3.8, 4) is 11.6 Å². The molecule has 0 amide bonds. The number of aromatic nitrogens is 6. The Labute approximate surface area is 138 Å². The van der Waals surface area contributed by atoms with E-state index in [0.717, 1.165) is 17.6 Å². The Balaban J connectivity index is 1.41. The second kappa shape index (κ2) is 5.19. The third kappa shape index (κ3) is 2.15. The van der Waals surface area contributed by atoms with Gasteiger partial charge >= 0.3 is 0 Å². The maximum atomic E-state index is 4.48. The number of imidazole rings is 1. The summed E-state index contributed by atoms with van der Waals surface area (Å²) in [5, 5.41) is 0. The number of rotatable bonds is 3. The van der Waals surface area contributed by atoms with Gasteiger partial charge in [-0.2, -0.15) is 0 Å². The summed E-state index contributed by atoms with van der Waals surface area (Å²) >= 11 is 0. The van der Waals surface area contributed by atoms with Gasteiger partial charge in [-0.3, -0.25) is 0 Å². The summed E-state index contributed by atoms with van der Waals surface area (Å²) in [6.45, 7) is 0. The highest BCUT2D eigenvalue weighted by Gasteiger charge is 2.41. The molecule has 5 rings (SSSR count). The molecule has 1 saturated carbocycles. The fourth-order valence-corrected chi connectivity index (χ4v) is 3.18. The van der Waals surface area contributed by atoms with Gasteiger partial charge in [0, 0.05) is 48.8 Å². The van der Waals surface area contributed by atoms with Crippen molar-refractivity contribution >= 4 is 5.65 Å². The van der Waals surface area contributed by atoms with Gasteiger partial charge in [-0.1, -0.05) is 6.07 Å². The molecule has 6 nitrogen and oxygen atoms in total. The molecule has 0 aliphatic heterocycles. The largest absolute Gasteiger partial charge is 0.304 e. The molecule has 4 heterocycles. The van der Waals surface area contributed by atoms with Crippen LogP contribution in [0.25, 0.3) is 17.3 Å². The number of nitrogens with zero attached hydrogens (tertiary/aromatic N) is 6. The van der Waals surface area contributed by atoms with Crippen LogP contribution in [0, 0.1) is 0 Å². The molecular weight excluding hydrogens is 300 g/mol. The minimum atomic E-state index is 0.454. The summed E-state index contributed by atoms with van der Waals surface area (Å²) < 4.78 is 2.16. The second-order valence-electron chi connectivity index (χ2n) is 5.97. The Bertz CT molecular complexity index is 993. The summed E-state index contributed by atoms with van der Waals surface area (Å²) in [6.07, 6.45) is 12.3. The van der Waals surface area contributed by atoms with E-state index >= 15 is 0 Å². The Morgan fingerprint density at radius 2 is 1.58 bits per heavy atom. The average Bonchev–Trinajstić information content (AvgIpc) is 3.34. The highest BCUT2D eigenvalue weighted by atomic mass is 15.0. The van der Waals surface area contributed by atoms with Crippen LogP contribution in [0.5, 0.6) is 0 Å². The molecular formula is C18H14N6. The van der Waals surface area contributed by atoms with Gasteiger partial charge in [-0.15, -0.1) is 0 Å². The van der Waals surface area contributed by atoms with Crippen LogP contribution in [0.4, 0.5) is 0 Å². The second-order valence-corrected chi connectivity index (χ2v) is 5.97. The van der Waals surface area contributed by atoms with Gasteiger partial charge < -0.3 is 4.40 Å². The molecule has 0 aromatic carbocycles. The molecule has 0 radical (unpaired) electrons. The van der Waals surface area contributed by atoms with Crippen LogP contribution >= 0.6 is 0 Å². The van der Waals surface area contributed by atoms with Crippen molar-refractivity contribution in [2.24, 2.45) is 0 Å². The summed E-state index contributed by atoms with van der Waals surface area (Å²) in [5.41, 5.74) is 3.41. The van der Waals surface area contributed by atoms with E-state index in [1.165, 1.54) is 5.69 Å². The van der Waals surface area contributed by atoms with Crippen LogP contribution < -0.4 is 0 Å². The van der Waals surface area contributed by atoms with Gasteiger partial charge in [0.25, 0.3) is 0 Å². The van der Waals surface area contributed by atoms with Crippen LogP contribution in [-0.2, 0) is 0 Å². The molecule has 4 aromatic heterocycles. The van der Waals surface area contributed by atoms with Gasteiger partial charge in [-0.05, 0) is 36.1 Å². The number of pyridine rings is 1. The van der Waals surface area contributed by atoms with E-state index in [-0.39, 0.29) is 0 Å². The molecule has 0 bridgehead atoms. The molecule has 116 valence electrons. The van der Waals surface area contributed by atoms with Crippen LogP contribution in [0.1, 0.15) is 29.5 Å². The van der Waals surface area contributed by atoms with E-state index in [2.05, 4.69) is 35.5 Å². The quantitative estimate of drug-likeness (QED) is 0.581. The zero-order chi connectivity index (χ0) is 15.9. The van der Waals surface area contributed by atoms with Gasteiger partial charge in [0.05, 0.1) is 0 Å². The van der Waals surface area contributed by atoms with Crippen molar-refractivity contribution < 1.29 is 0 Å². The highest BCUT2D eigenvalue weighted by molar-refractivity contribution is 5.45. The average molecular weight is 314 g/mol. The molecule has 0 saturated heterocycles. The standard InChI is InChI=1S/C18H14N6/c1-2-7-24-15(11-21-16(24)4-1)14-8-13(14)12-9-22-18(23-10-12)17-19-5-3-6-20-17/h1-7,9-11,13-14H,8H2/t13-,14-/m1/s1. The third-order valence-corrected chi connectivity index (χ3v) is 4.48. The molecule has 1 aliphatic carbocycles. The molecule has 1 aliphatic rings. The normalized spacial score (nSPS) is 19.5. The predicted molar refractivity (Wildman–Crippen MR) is 88.3 cm³/mol. The maximum Gasteiger partial charge on any atom is 0.197 e. The maximum absolute atomic E-state index is 4.48. The highest BCUT2D eigenvalue weighted by Crippen LogP contribution is 2.54. The lowest BCUT2D eigenvalue weighted by Gasteiger charge is -2.02. The van der Waals surface area contributed by atoms with Crippen LogP contribution in [0.2, 0.25) is 0 Å². The van der Waals surface area contributed by atoms with Gasteiger partial charge in [0.2, 0.25) is 0 Å². The molecule has 2 atom stereocenters. The Morgan fingerprint density at radius 3 is 2.42 bits per heavy atom. The zero-order valence-electron chi connectivity index (χ0n) is 12.8. The molecule has 24 heavy (non-hydrogen) atoms. The molecule has 6 heteroatoms. The van der Waals surface area contributed by atoms with E-state index in [1.807, 2.05) is 36.8 Å². The molecule has 0 spiro atoms. The SMILES string of the molecule is c1cnc(-c2ncc([C@H]3C[C@H]3c3cnc4ccccn34)cn2)nc1. The summed E-state index contributed by atoms with van der Waals surface area (Å²) in [4.78, 5) is 21.7. The van der Waals surface area contributed by atoms with Crippen molar-refractivity contribution in [3.63, 3.8) is 0 Å². The Hall–Kier alpha value is -3.15. The van der Waals surface area contributed by atoms with E-state index in [4.69, 9.17) is 0 Å². The summed E-state index contributed by atoms with van der Waals surface area (Å²) in [5.74, 6) is 2.05. The molecule has 4 aromatic rings. The van der Waals surface area contributed by atoms with Crippen molar-refractivity contribution in [1.82, 2.24) is 29.3 Å². The Kier molecular flexibility index (Phi) is 2.88. The lowest BCUT2D eigenvalue weighted by atomic mass is 10.1. The lowest BCUT2D eigenvalue weighted by Crippen LogP contribution is -1.96. The number of hydrogen-bond donors (Lipinski definition) is 0. The third-order valence-electron chi connectivity index (χ3n) is 4.48. The van der Waals surface area contributed by atoms with Crippen LogP contribution in [-0.4, -0.2) is 29.3 Å². The fourth-order valence-electron chi connectivity index (χ4n) is 3.18. The predicted octanol–water partition coefficient (Wildman–Crippen LogP) is 2.85. The van der Waals surface area contributed by atoms with Gasteiger partial charge in [0.1, 0.15) is 5.65 Å². The van der Waals surface area contributed by atoms with Gasteiger partial charge in [-0.25, -0.2) is 24.9 Å². The molecule has 0 unspecified atom stereocenters. The van der Waals surface area contributed by atoms with Crippen molar-refractivity contribution in [1.29, 1.82) is 0 Å². The van der Waals surface area contributed by atoms with E-state index < -0.39 is 0 Å². The lowest BCUT2D eigenvalue weighted by molar-refractivity contribution is 0.926. The van der Waals surface area contributed by atoms with Crippen LogP contribution in [0.3, 0.4) is 0 Å². The summed E-state index contributed by atoms with van der Waals surface area (Å²) in [7, 11) is 0. The minimum Gasteiger partial charge on any atom is -0.304 e. The van der Waals surface area contributed by atoms with E-state index in [9.17, 15) is 0 Å². The molecule has 1 fully saturated rings. The number of hydrogen-bond acceptors (Lipinski definition) is 5. The molecule has 0 N–H and O–H groups in total. The van der Waals surface area contributed by atoms with Crippen LogP contribution in [0.15, 0.2) is 61.4 Å². The van der Waals surface area contributed by atoms with E-state index in [0.29, 0.717) is 23.5 Å². The van der Waals surface area contributed by atoms with Crippen molar-refractivity contribution in [2.45, 2.75) is 18.3 Å². The topological polar surface area (TPSA) is 68.9 Å². The first-order chi connectivity index (χ1) is 11.9.